The van der Waals surface area contributed by atoms with Gasteiger partial charge in [0.05, 0.1) is 0 Å². The van der Waals surface area contributed by atoms with Gasteiger partial charge >= 0.3 is 0 Å². The van der Waals surface area contributed by atoms with Crippen LogP contribution in [0.1, 0.15) is 12.0 Å². The van der Waals surface area contributed by atoms with Gasteiger partial charge in [-0.25, -0.2) is 0 Å². The lowest BCUT2D eigenvalue weighted by atomic mass is 10.1. The largest absolute Gasteiger partial charge is 0.520 e. The second-order valence-electron chi connectivity index (χ2n) is 7.80. The van der Waals surface area contributed by atoms with Gasteiger partial charge in [0, 0.05) is 17.3 Å². The van der Waals surface area contributed by atoms with E-state index >= 15 is 0 Å². The summed E-state index contributed by atoms with van der Waals surface area (Å²) in [4.78, 5) is 12.0. The Morgan fingerprint density at radius 2 is 1.73 bits per heavy atom. The molecule has 120 valence electrons. The van der Waals surface area contributed by atoms with Crippen molar-refractivity contribution in [3.63, 3.8) is 0 Å². The molecule has 0 aliphatic heterocycles. The fourth-order valence-electron chi connectivity index (χ4n) is 2.63. The monoisotopic (exact) mass is 333 g/mol. The Balaban J connectivity index is 2.24. The fraction of sp³-hybridized carbons (Fsp3) is 0.471. The van der Waals surface area contributed by atoms with Crippen LogP contribution in [0.5, 0.6) is 0 Å². The van der Waals surface area contributed by atoms with E-state index in [0.29, 0.717) is 6.42 Å². The highest BCUT2D eigenvalue weighted by atomic mass is 28.4. The number of carbonyl (C=O) groups excluding carboxylic acids is 1. The summed E-state index contributed by atoms with van der Waals surface area (Å²) in [6, 6.07) is 8.49. The average Bonchev–Trinajstić information content (AvgIpc) is 2.73. The Kier molecular flexibility index (Phi) is 4.68. The number of aryl methyl sites for hydroxylation is 1. The van der Waals surface area contributed by atoms with Gasteiger partial charge in [-0.1, -0.05) is 37.8 Å². The van der Waals surface area contributed by atoms with Crippen LogP contribution in [-0.2, 0) is 15.6 Å². The Morgan fingerprint density at radius 3 is 2.32 bits per heavy atom. The van der Waals surface area contributed by atoms with Crippen LogP contribution in [0.15, 0.2) is 30.5 Å². The molecule has 0 fully saturated rings. The Bertz CT molecular complexity index is 678. The number of para-hydroxylation sites is 1. The lowest BCUT2D eigenvalue weighted by molar-refractivity contribution is -0.135. The van der Waals surface area contributed by atoms with Crippen molar-refractivity contribution in [3.05, 3.63) is 36.0 Å². The van der Waals surface area contributed by atoms with Crippen LogP contribution in [0, 0.1) is 0 Å². The minimum absolute atomic E-state index is 0.0657. The van der Waals surface area contributed by atoms with Crippen LogP contribution in [0.3, 0.4) is 0 Å². The van der Waals surface area contributed by atoms with Crippen molar-refractivity contribution in [1.82, 2.24) is 4.23 Å². The Labute approximate surface area is 135 Å². The molecule has 0 atom stereocenters. The minimum Gasteiger partial charge on any atom is -0.520 e. The van der Waals surface area contributed by atoms with Crippen LogP contribution in [0.4, 0.5) is 0 Å². The molecule has 1 aromatic heterocycles. The summed E-state index contributed by atoms with van der Waals surface area (Å²) in [5.41, 5.74) is 2.54. The molecule has 0 N–H and O–H groups in total. The molecule has 0 bridgehead atoms. The molecule has 2 rings (SSSR count). The highest BCUT2D eigenvalue weighted by molar-refractivity contribution is 6.75. The molecule has 0 radical (unpaired) electrons. The third-order valence-corrected chi connectivity index (χ3v) is 6.19. The number of hydrogen-bond acceptors (Lipinski definition) is 2. The van der Waals surface area contributed by atoms with E-state index in [1.165, 1.54) is 16.5 Å². The van der Waals surface area contributed by atoms with Crippen LogP contribution in [-0.4, -0.2) is 26.8 Å². The van der Waals surface area contributed by atoms with E-state index in [1.807, 2.05) is 19.6 Å². The highest BCUT2D eigenvalue weighted by Crippen LogP contribution is 2.26. The number of carbonyl (C=O) groups is 1. The topological polar surface area (TPSA) is 31.2 Å². The SMILES string of the molecule is C[Si](C)(C)OC(=O)CCc1cn([Si](C)(C)C)c2ccccc12. The van der Waals surface area contributed by atoms with Crippen LogP contribution < -0.4 is 0 Å². The molecule has 0 amide bonds. The smallest absolute Gasteiger partial charge is 0.292 e. The van der Waals surface area contributed by atoms with Crippen molar-refractivity contribution >= 4 is 33.4 Å². The second kappa shape index (κ2) is 6.04. The third-order valence-electron chi connectivity index (χ3n) is 3.54. The Hall–Kier alpha value is -1.34. The molecule has 22 heavy (non-hydrogen) atoms. The van der Waals surface area contributed by atoms with Crippen LogP contribution >= 0.6 is 0 Å². The van der Waals surface area contributed by atoms with Gasteiger partial charge < -0.3 is 8.66 Å². The van der Waals surface area contributed by atoms with Gasteiger partial charge in [0.1, 0.15) is 0 Å². The van der Waals surface area contributed by atoms with Gasteiger partial charge in [-0.15, -0.1) is 0 Å². The first-order chi connectivity index (χ1) is 10.1. The van der Waals surface area contributed by atoms with Gasteiger partial charge in [0.2, 0.25) is 8.32 Å². The number of benzene rings is 1. The van der Waals surface area contributed by atoms with E-state index in [0.717, 1.165) is 6.42 Å². The molecular formula is C17H27NO2Si2. The zero-order valence-electron chi connectivity index (χ0n) is 14.6. The predicted molar refractivity (Wildman–Crippen MR) is 98.4 cm³/mol. The molecule has 0 unspecified atom stereocenters. The summed E-state index contributed by atoms with van der Waals surface area (Å²) < 4.78 is 7.98. The summed E-state index contributed by atoms with van der Waals surface area (Å²) in [5.74, 6) is -0.0657. The van der Waals surface area contributed by atoms with E-state index in [-0.39, 0.29) is 5.97 Å². The Morgan fingerprint density at radius 1 is 1.09 bits per heavy atom. The standard InChI is InChI=1S/C17H27NO2Si2/c1-21(2,3)18-13-14(15-9-7-8-10-16(15)18)11-12-17(19)20-22(4,5)6/h7-10,13H,11-12H2,1-6H3. The minimum atomic E-state index is -1.78. The van der Waals surface area contributed by atoms with Crippen molar-refractivity contribution in [2.24, 2.45) is 0 Å². The van der Waals surface area contributed by atoms with Crippen molar-refractivity contribution in [2.45, 2.75) is 52.1 Å². The van der Waals surface area contributed by atoms with E-state index in [4.69, 9.17) is 4.43 Å². The summed E-state index contributed by atoms with van der Waals surface area (Å²) >= 11 is 0. The first kappa shape index (κ1) is 17.0. The molecule has 0 aliphatic rings. The maximum Gasteiger partial charge on any atom is 0.292 e. The van der Waals surface area contributed by atoms with E-state index in [9.17, 15) is 4.79 Å². The number of nitrogens with zero attached hydrogens (tertiary/aromatic N) is 1. The van der Waals surface area contributed by atoms with E-state index in [2.05, 4.69) is 54.3 Å². The summed E-state index contributed by atoms with van der Waals surface area (Å²) in [6.45, 7) is 13.1. The number of aromatic nitrogens is 1. The first-order valence-electron chi connectivity index (χ1n) is 7.89. The van der Waals surface area contributed by atoms with E-state index in [1.54, 1.807) is 0 Å². The van der Waals surface area contributed by atoms with Gasteiger partial charge in [-0.2, -0.15) is 0 Å². The average molecular weight is 334 g/mol. The molecule has 0 saturated carbocycles. The predicted octanol–water partition coefficient (Wildman–Crippen LogP) is 4.64. The molecule has 0 spiro atoms. The lowest BCUT2D eigenvalue weighted by Gasteiger charge is -2.20. The van der Waals surface area contributed by atoms with Crippen molar-refractivity contribution in [1.29, 1.82) is 0 Å². The number of hydrogen-bond donors (Lipinski definition) is 0. The normalized spacial score (nSPS) is 12.6. The van der Waals surface area contributed by atoms with E-state index < -0.39 is 16.6 Å². The van der Waals surface area contributed by atoms with Crippen molar-refractivity contribution in [3.8, 4) is 0 Å². The zero-order chi connectivity index (χ0) is 16.5. The summed E-state index contributed by atoms with van der Waals surface area (Å²) in [6.07, 6.45) is 3.46. The maximum absolute atomic E-state index is 12.0. The number of fused-ring (bicyclic) bond motifs is 1. The highest BCUT2D eigenvalue weighted by Gasteiger charge is 2.22. The van der Waals surface area contributed by atoms with Gasteiger partial charge in [-0.05, 0) is 43.9 Å². The van der Waals surface area contributed by atoms with Crippen LogP contribution in [0.2, 0.25) is 39.3 Å². The van der Waals surface area contributed by atoms with Crippen LogP contribution in [0.25, 0.3) is 10.9 Å². The molecule has 0 aliphatic carbocycles. The van der Waals surface area contributed by atoms with Crippen molar-refractivity contribution in [2.75, 3.05) is 0 Å². The molecule has 3 nitrogen and oxygen atoms in total. The maximum atomic E-state index is 12.0. The quantitative estimate of drug-likeness (QED) is 0.747. The fourth-order valence-corrected chi connectivity index (χ4v) is 4.88. The van der Waals surface area contributed by atoms with Gasteiger partial charge in [0.25, 0.3) is 5.97 Å². The molecule has 5 heteroatoms. The van der Waals surface area contributed by atoms with Gasteiger partial charge in [0.15, 0.2) is 8.24 Å². The second-order valence-corrected chi connectivity index (χ2v) is 17.1. The third kappa shape index (κ3) is 4.11. The summed E-state index contributed by atoms with van der Waals surface area (Å²) in [7, 11) is -3.25. The molecule has 1 aromatic carbocycles. The molecular weight excluding hydrogens is 306 g/mol. The number of rotatable bonds is 5. The van der Waals surface area contributed by atoms with Gasteiger partial charge in [-0.3, -0.25) is 4.79 Å². The molecule has 0 saturated heterocycles. The molecule has 1 heterocycles. The van der Waals surface area contributed by atoms with Crippen molar-refractivity contribution < 1.29 is 9.22 Å². The molecule has 2 aromatic rings. The first-order valence-corrected chi connectivity index (χ1v) is 14.7. The lowest BCUT2D eigenvalue weighted by Crippen LogP contribution is -2.31. The zero-order valence-corrected chi connectivity index (χ0v) is 16.6. The summed E-state index contributed by atoms with van der Waals surface area (Å²) in [5, 5.41) is 1.27.